The molecule has 160 valence electrons. The average molecular weight is 425 g/mol. The minimum Gasteiger partial charge on any atom is -0.493 e. The van der Waals surface area contributed by atoms with Gasteiger partial charge in [0.2, 0.25) is 5.91 Å². The molecule has 2 heterocycles. The van der Waals surface area contributed by atoms with Gasteiger partial charge in [0, 0.05) is 11.8 Å². The summed E-state index contributed by atoms with van der Waals surface area (Å²) in [7, 11) is 0. The largest absolute Gasteiger partial charge is 0.493 e. The number of oxime groups is 1. The van der Waals surface area contributed by atoms with Gasteiger partial charge >= 0.3 is 5.63 Å². The number of nitrogens with zero attached hydrogens (tertiary/aromatic N) is 2. The number of aliphatic imine (C=N–C) groups is 1. The zero-order valence-electron chi connectivity index (χ0n) is 16.9. The highest BCUT2D eigenvalue weighted by atomic mass is 32.2. The van der Waals surface area contributed by atoms with Crippen LogP contribution in [0.25, 0.3) is 0 Å². The van der Waals surface area contributed by atoms with Gasteiger partial charge in [-0.3, -0.25) is 9.79 Å². The van der Waals surface area contributed by atoms with Crippen LogP contribution in [0.1, 0.15) is 51.8 Å². The maximum absolute atomic E-state index is 13.0. The second kappa shape index (κ2) is 10.4. The van der Waals surface area contributed by atoms with Crippen LogP contribution in [0.3, 0.4) is 0 Å². The normalized spacial score (nSPS) is 20.3. The molecule has 0 aromatic carbocycles. The van der Waals surface area contributed by atoms with Crippen molar-refractivity contribution in [1.82, 2.24) is 5.32 Å². The van der Waals surface area contributed by atoms with E-state index < -0.39 is 17.2 Å². The Morgan fingerprint density at radius 1 is 1.55 bits per heavy atom. The van der Waals surface area contributed by atoms with Gasteiger partial charge in [0.15, 0.2) is 0 Å². The molecule has 0 saturated heterocycles. The van der Waals surface area contributed by atoms with Crippen LogP contribution in [-0.2, 0) is 4.79 Å². The standard InChI is InChI=1S/C19H28N4O5S/c1-4-6-14(15-9-13(10-16(24)28-15)27-8-5-7-20)21-18(25)19(3)11-29-17(22-19)12(2)23-26/h9-10,14,26H,4-8,11,20H2,1-3H3,(H,21,25)/b23-12+/t14-,19?/m1/s1. The van der Waals surface area contributed by atoms with Crippen molar-refractivity contribution in [2.75, 3.05) is 18.9 Å². The Kier molecular flexibility index (Phi) is 8.27. The maximum atomic E-state index is 13.0. The van der Waals surface area contributed by atoms with Crippen molar-refractivity contribution in [2.24, 2.45) is 15.9 Å². The SMILES string of the molecule is CCC[C@@H](NC(=O)C1(C)CSC(/C(C)=N/O)=N1)c1cc(OCCCN)cc(=O)o1. The number of amides is 1. The van der Waals surface area contributed by atoms with E-state index in [-0.39, 0.29) is 5.91 Å². The van der Waals surface area contributed by atoms with Gasteiger partial charge in [-0.2, -0.15) is 0 Å². The van der Waals surface area contributed by atoms with Gasteiger partial charge in [-0.25, -0.2) is 4.79 Å². The summed E-state index contributed by atoms with van der Waals surface area (Å²) in [6.07, 6.45) is 2.01. The lowest BCUT2D eigenvalue weighted by atomic mass is 10.0. The summed E-state index contributed by atoms with van der Waals surface area (Å²) < 4.78 is 10.9. The van der Waals surface area contributed by atoms with Crippen molar-refractivity contribution in [3.63, 3.8) is 0 Å². The molecule has 0 aliphatic carbocycles. The molecule has 1 amide bonds. The van der Waals surface area contributed by atoms with Gasteiger partial charge in [-0.1, -0.05) is 18.5 Å². The highest BCUT2D eigenvalue weighted by Gasteiger charge is 2.40. The second-order valence-corrected chi connectivity index (χ2v) is 7.95. The molecule has 2 rings (SSSR count). The van der Waals surface area contributed by atoms with E-state index in [1.165, 1.54) is 17.8 Å². The summed E-state index contributed by atoms with van der Waals surface area (Å²) in [4.78, 5) is 29.4. The van der Waals surface area contributed by atoms with Crippen molar-refractivity contribution in [2.45, 2.75) is 51.6 Å². The topological polar surface area (TPSA) is 140 Å². The molecule has 0 bridgehead atoms. The molecule has 0 saturated carbocycles. The van der Waals surface area contributed by atoms with E-state index in [2.05, 4.69) is 15.5 Å². The van der Waals surface area contributed by atoms with Gasteiger partial charge in [0.25, 0.3) is 0 Å². The molecular formula is C19H28N4O5S. The average Bonchev–Trinajstić information content (AvgIpc) is 3.10. The van der Waals surface area contributed by atoms with E-state index in [1.807, 2.05) is 6.92 Å². The number of hydrogen-bond acceptors (Lipinski definition) is 9. The molecule has 1 aliphatic heterocycles. The smallest absolute Gasteiger partial charge is 0.339 e. The van der Waals surface area contributed by atoms with Crippen LogP contribution >= 0.6 is 11.8 Å². The summed E-state index contributed by atoms with van der Waals surface area (Å²) >= 11 is 1.36. The van der Waals surface area contributed by atoms with E-state index in [0.717, 1.165) is 6.42 Å². The summed E-state index contributed by atoms with van der Waals surface area (Å²) in [6.45, 7) is 6.20. The fourth-order valence-electron chi connectivity index (χ4n) is 2.73. The van der Waals surface area contributed by atoms with Crippen molar-refractivity contribution < 1.29 is 19.2 Å². The van der Waals surface area contributed by atoms with Crippen LogP contribution < -0.4 is 21.4 Å². The molecule has 1 unspecified atom stereocenters. The van der Waals surface area contributed by atoms with Crippen LogP contribution in [0, 0.1) is 0 Å². The first-order chi connectivity index (χ1) is 13.8. The zero-order valence-corrected chi connectivity index (χ0v) is 17.8. The molecule has 1 aromatic heterocycles. The number of carbonyl (C=O) groups excluding carboxylic acids is 1. The second-order valence-electron chi connectivity index (χ2n) is 6.98. The van der Waals surface area contributed by atoms with E-state index in [4.69, 9.17) is 20.1 Å². The lowest BCUT2D eigenvalue weighted by molar-refractivity contribution is -0.125. The third kappa shape index (κ3) is 6.07. The van der Waals surface area contributed by atoms with Crippen LogP contribution in [0.5, 0.6) is 5.75 Å². The van der Waals surface area contributed by atoms with E-state index in [9.17, 15) is 9.59 Å². The summed E-state index contributed by atoms with van der Waals surface area (Å²) in [6, 6.07) is 2.40. The number of carbonyl (C=O) groups is 1. The maximum Gasteiger partial charge on any atom is 0.339 e. The van der Waals surface area contributed by atoms with Crippen LogP contribution in [-0.4, -0.2) is 46.3 Å². The van der Waals surface area contributed by atoms with Gasteiger partial charge in [-0.05, 0) is 33.2 Å². The fraction of sp³-hybridized carbons (Fsp3) is 0.579. The number of nitrogens with one attached hydrogen (secondary N) is 1. The van der Waals surface area contributed by atoms with Gasteiger partial charge in [0.05, 0.1) is 18.7 Å². The fourth-order valence-corrected chi connectivity index (χ4v) is 3.86. The predicted octanol–water partition coefficient (Wildman–Crippen LogP) is 2.08. The Bertz CT molecular complexity index is 838. The first kappa shape index (κ1) is 23.0. The summed E-state index contributed by atoms with van der Waals surface area (Å²) in [5.41, 5.74) is 4.28. The molecular weight excluding hydrogens is 396 g/mol. The Morgan fingerprint density at radius 3 is 2.97 bits per heavy atom. The predicted molar refractivity (Wildman–Crippen MR) is 113 cm³/mol. The van der Waals surface area contributed by atoms with E-state index in [0.29, 0.717) is 54.0 Å². The van der Waals surface area contributed by atoms with Gasteiger partial charge in [-0.15, -0.1) is 11.8 Å². The van der Waals surface area contributed by atoms with Gasteiger partial charge < -0.3 is 25.4 Å². The Balaban J connectivity index is 2.21. The lowest BCUT2D eigenvalue weighted by Gasteiger charge is -2.24. The number of hydrogen-bond donors (Lipinski definition) is 3. The monoisotopic (exact) mass is 424 g/mol. The number of rotatable bonds is 10. The Hall–Kier alpha value is -2.33. The lowest BCUT2D eigenvalue weighted by Crippen LogP contribution is -2.45. The van der Waals surface area contributed by atoms with Crippen molar-refractivity contribution >= 4 is 28.4 Å². The molecule has 1 aromatic rings. The summed E-state index contributed by atoms with van der Waals surface area (Å²) in [5.74, 6) is 0.854. The van der Waals surface area contributed by atoms with Gasteiger partial charge in [0.1, 0.15) is 27.8 Å². The molecule has 29 heavy (non-hydrogen) atoms. The van der Waals surface area contributed by atoms with Crippen LogP contribution in [0.4, 0.5) is 0 Å². The van der Waals surface area contributed by atoms with Crippen molar-refractivity contribution in [3.05, 3.63) is 28.3 Å². The molecule has 2 atom stereocenters. The number of ether oxygens (including phenoxy) is 1. The molecule has 10 heteroatoms. The third-order valence-corrected chi connectivity index (χ3v) is 5.76. The molecule has 0 radical (unpaired) electrons. The quantitative estimate of drug-likeness (QED) is 0.226. The minimum absolute atomic E-state index is 0.290. The zero-order chi connectivity index (χ0) is 21.4. The van der Waals surface area contributed by atoms with Crippen molar-refractivity contribution in [3.8, 4) is 5.75 Å². The third-order valence-electron chi connectivity index (χ3n) is 4.39. The Labute approximate surface area is 173 Å². The molecule has 0 spiro atoms. The van der Waals surface area contributed by atoms with Crippen molar-refractivity contribution in [1.29, 1.82) is 0 Å². The van der Waals surface area contributed by atoms with E-state index >= 15 is 0 Å². The highest BCUT2D eigenvalue weighted by Crippen LogP contribution is 2.30. The highest BCUT2D eigenvalue weighted by molar-refractivity contribution is 8.16. The molecule has 0 fully saturated rings. The van der Waals surface area contributed by atoms with Crippen LogP contribution in [0.2, 0.25) is 0 Å². The minimum atomic E-state index is -1.01. The summed E-state index contributed by atoms with van der Waals surface area (Å²) in [5, 5.41) is 15.5. The number of thioether (sulfide) groups is 1. The van der Waals surface area contributed by atoms with Crippen LogP contribution in [0.15, 0.2) is 31.5 Å². The first-order valence-electron chi connectivity index (χ1n) is 9.53. The van der Waals surface area contributed by atoms with E-state index in [1.54, 1.807) is 19.9 Å². The molecule has 9 nitrogen and oxygen atoms in total. The molecule has 1 aliphatic rings. The number of nitrogens with two attached hydrogens (primary N) is 1. The first-order valence-corrected chi connectivity index (χ1v) is 10.5. The molecule has 4 N–H and O–H groups in total. The Morgan fingerprint density at radius 2 is 2.31 bits per heavy atom.